The maximum absolute atomic E-state index is 4.43. The topological polar surface area (TPSA) is 93.7 Å². The molecule has 10 nitrogen and oxygen atoms in total. The molecule has 0 saturated carbocycles. The number of hydrogen-bond acceptors (Lipinski definition) is 8. The highest BCUT2D eigenvalue weighted by atomic mass is 15.2. The van der Waals surface area contributed by atoms with Gasteiger partial charge in [0, 0.05) is 41.3 Å². The third kappa shape index (κ3) is 3.21. The van der Waals surface area contributed by atoms with Crippen LogP contribution in [0, 0.1) is 0 Å². The van der Waals surface area contributed by atoms with Crippen LogP contribution in [0.1, 0.15) is 12.8 Å². The molecule has 0 spiro atoms. The van der Waals surface area contributed by atoms with Gasteiger partial charge in [0.15, 0.2) is 34.0 Å². The molecule has 0 atom stereocenters. The molecule has 0 N–H and O–H groups in total. The molecule has 28 heavy (non-hydrogen) atoms. The van der Waals surface area contributed by atoms with Crippen molar-refractivity contribution < 1.29 is 0 Å². The molecule has 0 aliphatic carbocycles. The van der Waals surface area contributed by atoms with E-state index in [9.17, 15) is 0 Å². The maximum atomic E-state index is 4.43. The zero-order valence-electron chi connectivity index (χ0n) is 16.6. The quantitative estimate of drug-likeness (QED) is 0.444. The number of anilines is 2. The van der Waals surface area contributed by atoms with Crippen molar-refractivity contribution in [1.29, 1.82) is 0 Å². The number of imidazole rings is 2. The Hall–Kier alpha value is -3.30. The number of unbranched alkanes of at least 4 members (excludes halogenated alkanes) is 1. The molecule has 0 amide bonds. The summed E-state index contributed by atoms with van der Waals surface area (Å²) in [7, 11) is 7.96. The lowest BCUT2D eigenvalue weighted by atomic mass is 10.2. The van der Waals surface area contributed by atoms with Crippen LogP contribution < -0.4 is 9.80 Å². The molecule has 0 radical (unpaired) electrons. The highest BCUT2D eigenvalue weighted by Gasteiger charge is 2.14. The molecule has 10 heteroatoms. The molecule has 0 fully saturated rings. The fraction of sp³-hybridized carbons (Fsp3) is 0.444. The molecule has 0 bridgehead atoms. The Bertz CT molecular complexity index is 1010. The smallest absolute Gasteiger partial charge is 0.165 e. The third-order valence-corrected chi connectivity index (χ3v) is 4.92. The summed E-state index contributed by atoms with van der Waals surface area (Å²) in [6, 6.07) is 0. The van der Waals surface area contributed by atoms with Gasteiger partial charge in [-0.15, -0.1) is 0 Å². The monoisotopic (exact) mass is 380 g/mol. The van der Waals surface area contributed by atoms with E-state index in [4.69, 9.17) is 0 Å². The van der Waals surface area contributed by atoms with Crippen LogP contribution >= 0.6 is 0 Å². The van der Waals surface area contributed by atoms with E-state index in [-0.39, 0.29) is 0 Å². The average Bonchev–Trinajstić information content (AvgIpc) is 3.28. The van der Waals surface area contributed by atoms with Crippen molar-refractivity contribution in [3.05, 3.63) is 25.3 Å². The van der Waals surface area contributed by atoms with E-state index in [2.05, 4.69) is 39.7 Å². The zero-order valence-corrected chi connectivity index (χ0v) is 16.6. The predicted octanol–water partition coefficient (Wildman–Crippen LogP) is 1.39. The third-order valence-electron chi connectivity index (χ3n) is 4.92. The van der Waals surface area contributed by atoms with Gasteiger partial charge in [-0.3, -0.25) is 0 Å². The lowest BCUT2D eigenvalue weighted by molar-refractivity contribution is 0.701. The Morgan fingerprint density at radius 1 is 0.679 bits per heavy atom. The number of aryl methyl sites for hydroxylation is 2. The van der Waals surface area contributed by atoms with Crippen LogP contribution in [0.5, 0.6) is 0 Å². The van der Waals surface area contributed by atoms with Crippen LogP contribution in [0.15, 0.2) is 25.3 Å². The molecule has 0 aliphatic rings. The number of aromatic nitrogens is 8. The second-order valence-electron chi connectivity index (χ2n) is 7.00. The molecule has 0 aromatic carbocycles. The number of rotatable bonds is 7. The minimum atomic E-state index is 0.836. The van der Waals surface area contributed by atoms with E-state index in [0.717, 1.165) is 59.9 Å². The van der Waals surface area contributed by atoms with Gasteiger partial charge in [0.25, 0.3) is 0 Å². The summed E-state index contributed by atoms with van der Waals surface area (Å²) in [6.45, 7) is 1.78. The van der Waals surface area contributed by atoms with Crippen molar-refractivity contribution in [3.63, 3.8) is 0 Å². The number of nitrogens with zero attached hydrogens (tertiary/aromatic N) is 10. The van der Waals surface area contributed by atoms with E-state index in [1.165, 1.54) is 0 Å². The lowest BCUT2D eigenvalue weighted by Gasteiger charge is -2.20. The molecular weight excluding hydrogens is 356 g/mol. The van der Waals surface area contributed by atoms with Crippen LogP contribution in [0.25, 0.3) is 22.3 Å². The first kappa shape index (κ1) is 18.1. The van der Waals surface area contributed by atoms with Crippen molar-refractivity contribution >= 4 is 34.0 Å². The summed E-state index contributed by atoms with van der Waals surface area (Å²) in [5, 5.41) is 0. The van der Waals surface area contributed by atoms with Crippen LogP contribution in [0.2, 0.25) is 0 Å². The summed E-state index contributed by atoms with van der Waals surface area (Å²) in [4.78, 5) is 30.6. The second-order valence-corrected chi connectivity index (χ2v) is 7.00. The van der Waals surface area contributed by atoms with Crippen molar-refractivity contribution in [1.82, 2.24) is 39.0 Å². The van der Waals surface area contributed by atoms with Gasteiger partial charge < -0.3 is 18.9 Å². The normalized spacial score (nSPS) is 11.4. The molecule has 0 aliphatic heterocycles. The van der Waals surface area contributed by atoms with Crippen molar-refractivity contribution in [3.8, 4) is 0 Å². The molecular formula is C18H24N10. The lowest BCUT2D eigenvalue weighted by Crippen LogP contribution is -2.24. The second kappa shape index (κ2) is 7.37. The Morgan fingerprint density at radius 3 is 1.54 bits per heavy atom. The molecule has 146 valence electrons. The molecule has 4 aromatic heterocycles. The summed E-state index contributed by atoms with van der Waals surface area (Å²) in [5.74, 6) is 1.73. The van der Waals surface area contributed by atoms with E-state index < -0.39 is 0 Å². The first-order valence-corrected chi connectivity index (χ1v) is 9.22. The van der Waals surface area contributed by atoms with Gasteiger partial charge in [-0.1, -0.05) is 0 Å². The number of hydrogen-bond donors (Lipinski definition) is 0. The summed E-state index contributed by atoms with van der Waals surface area (Å²) in [5.41, 5.74) is 3.37. The standard InChI is InChI=1S/C18H24N10/c1-25(15-13-17(21-9-19-15)27(3)11-23-13)7-5-6-8-26(2)16-14-18(22-10-20-16)28(4)12-24-14/h9-12H,5-8H2,1-4H3. The molecule has 4 rings (SSSR count). The fourth-order valence-electron chi connectivity index (χ4n) is 3.33. The van der Waals surface area contributed by atoms with Gasteiger partial charge in [-0.25, -0.2) is 29.9 Å². The molecule has 0 saturated heterocycles. The fourth-order valence-corrected chi connectivity index (χ4v) is 3.33. The molecule has 4 heterocycles. The predicted molar refractivity (Wildman–Crippen MR) is 108 cm³/mol. The van der Waals surface area contributed by atoms with E-state index in [1.54, 1.807) is 25.3 Å². The number of fused-ring (bicyclic) bond motifs is 2. The first-order chi connectivity index (χ1) is 13.6. The Morgan fingerprint density at radius 2 is 1.11 bits per heavy atom. The van der Waals surface area contributed by atoms with Gasteiger partial charge in [0.1, 0.15) is 12.7 Å². The summed E-state index contributed by atoms with van der Waals surface area (Å²) < 4.78 is 3.81. The molecule has 4 aromatic rings. The Labute approximate surface area is 162 Å². The van der Waals surface area contributed by atoms with Gasteiger partial charge in [-0.05, 0) is 12.8 Å². The van der Waals surface area contributed by atoms with E-state index in [0.29, 0.717) is 0 Å². The van der Waals surface area contributed by atoms with Crippen LogP contribution in [0.4, 0.5) is 11.6 Å². The molecule has 0 unspecified atom stereocenters. The van der Waals surface area contributed by atoms with Crippen molar-refractivity contribution in [2.24, 2.45) is 14.1 Å². The largest absolute Gasteiger partial charge is 0.358 e. The van der Waals surface area contributed by atoms with Gasteiger partial charge in [-0.2, -0.15) is 0 Å². The SMILES string of the molecule is CN(CCCCN(C)c1ncnc2c1ncn2C)c1ncnc2c1ncn2C. The average molecular weight is 380 g/mol. The van der Waals surface area contributed by atoms with Gasteiger partial charge in [0.05, 0.1) is 12.7 Å². The van der Waals surface area contributed by atoms with E-state index >= 15 is 0 Å². The highest BCUT2D eigenvalue weighted by Crippen LogP contribution is 2.21. The van der Waals surface area contributed by atoms with Crippen molar-refractivity contribution in [2.45, 2.75) is 12.8 Å². The summed E-state index contributed by atoms with van der Waals surface area (Å²) >= 11 is 0. The van der Waals surface area contributed by atoms with Gasteiger partial charge >= 0.3 is 0 Å². The van der Waals surface area contributed by atoms with E-state index in [1.807, 2.05) is 37.3 Å². The first-order valence-electron chi connectivity index (χ1n) is 9.22. The Balaban J connectivity index is 1.36. The zero-order chi connectivity index (χ0) is 19.7. The summed E-state index contributed by atoms with van der Waals surface area (Å²) in [6.07, 6.45) is 8.77. The highest BCUT2D eigenvalue weighted by molar-refractivity contribution is 5.83. The maximum Gasteiger partial charge on any atom is 0.165 e. The minimum Gasteiger partial charge on any atom is -0.358 e. The van der Waals surface area contributed by atoms with Crippen molar-refractivity contribution in [2.75, 3.05) is 37.0 Å². The van der Waals surface area contributed by atoms with Crippen LogP contribution in [-0.2, 0) is 14.1 Å². The van der Waals surface area contributed by atoms with Gasteiger partial charge in [0.2, 0.25) is 0 Å². The minimum absolute atomic E-state index is 0.836. The Kier molecular flexibility index (Phi) is 4.76. The van der Waals surface area contributed by atoms with Crippen LogP contribution in [-0.4, -0.2) is 66.2 Å². The van der Waals surface area contributed by atoms with Crippen LogP contribution in [0.3, 0.4) is 0 Å².